The topological polar surface area (TPSA) is 158 Å². The van der Waals surface area contributed by atoms with Crippen molar-refractivity contribution >= 4 is 37.1 Å². The Morgan fingerprint density at radius 3 is 2.07 bits per heavy atom. The van der Waals surface area contributed by atoms with Gasteiger partial charge in [0.2, 0.25) is 20.8 Å². The maximum atomic E-state index is 11.9. The first-order valence-corrected chi connectivity index (χ1v) is 14.5. The molecule has 10 nitrogen and oxygen atoms in total. The molecule has 0 fully saturated rings. The zero-order chi connectivity index (χ0) is 27.6. The summed E-state index contributed by atoms with van der Waals surface area (Å²) >= 11 is 0. The number of aromatic amines is 1. The Bertz CT molecular complexity index is 1690. The van der Waals surface area contributed by atoms with Crippen molar-refractivity contribution in [1.29, 1.82) is 0 Å². The zero-order valence-electron chi connectivity index (χ0n) is 22.2. The summed E-state index contributed by atoms with van der Waals surface area (Å²) in [7, 11) is -10.8. The van der Waals surface area contributed by atoms with E-state index in [4.69, 9.17) is 13.1 Å². The van der Waals surface area contributed by atoms with Crippen LogP contribution in [-0.2, 0) is 40.5 Å². The van der Waals surface area contributed by atoms with Gasteiger partial charge in [0, 0.05) is 18.3 Å². The molecule has 0 saturated carbocycles. The Morgan fingerprint density at radius 1 is 0.756 bits per heavy atom. The van der Waals surface area contributed by atoms with Crippen molar-refractivity contribution < 1.29 is 98.2 Å². The second-order valence-corrected chi connectivity index (χ2v) is 11.0. The van der Waals surface area contributed by atoms with Crippen LogP contribution in [0.3, 0.4) is 0 Å². The van der Waals surface area contributed by atoms with Crippen LogP contribution in [0.15, 0.2) is 97.3 Å². The second-order valence-electron chi connectivity index (χ2n) is 8.97. The van der Waals surface area contributed by atoms with Gasteiger partial charge in [-0.15, -0.1) is 0 Å². The predicted octanol–water partition coefficient (Wildman–Crippen LogP) is -2.37. The Labute approximate surface area is 282 Å². The molecule has 0 saturated heterocycles. The first-order valence-electron chi connectivity index (χ1n) is 11.9. The molecule has 0 amide bonds. The van der Waals surface area contributed by atoms with Gasteiger partial charge >= 0.3 is 59.1 Å². The Hall–Kier alpha value is -1.36. The molecule has 1 aliphatic rings. The monoisotopic (exact) mass is 615 g/mol. The maximum absolute atomic E-state index is 11.9. The van der Waals surface area contributed by atoms with Gasteiger partial charge in [-0.1, -0.05) is 78.9 Å². The summed E-state index contributed by atoms with van der Waals surface area (Å²) in [6.07, 6.45) is 0.106. The summed E-state index contributed by atoms with van der Waals surface area (Å²) in [6.45, 7) is -0.0283. The van der Waals surface area contributed by atoms with Crippen molar-refractivity contribution in [2.75, 3.05) is 0 Å². The minimum atomic E-state index is -5.41. The number of hydrogen-bond donors (Lipinski definition) is 1. The number of aromatic nitrogens is 1. The number of rotatable bonds is 9. The van der Waals surface area contributed by atoms with E-state index >= 15 is 0 Å². The number of nitrogens with one attached hydrogen (secondary N) is 1. The first kappa shape index (κ1) is 34.1. The van der Waals surface area contributed by atoms with Gasteiger partial charge < -0.3 is 18.8 Å². The fraction of sp³-hybridized carbons (Fsp3) is 0.185. The van der Waals surface area contributed by atoms with Crippen molar-refractivity contribution in [2.24, 2.45) is 0 Å². The smallest absolute Gasteiger partial charge is 0.726 e. The second kappa shape index (κ2) is 14.4. The summed E-state index contributed by atoms with van der Waals surface area (Å²) in [4.78, 5) is 2.94. The van der Waals surface area contributed by atoms with Gasteiger partial charge in [0.05, 0.1) is 12.7 Å². The molecular weight excluding hydrogens is 592 g/mol. The van der Waals surface area contributed by atoms with Crippen LogP contribution in [0.1, 0.15) is 22.6 Å². The molecule has 5 rings (SSSR count). The van der Waals surface area contributed by atoms with E-state index in [0.717, 1.165) is 10.9 Å². The molecule has 0 spiro atoms. The molecule has 1 heterocycles. The third-order valence-corrected chi connectivity index (χ3v) is 7.39. The number of H-pyrrole nitrogens is 1. The Balaban J connectivity index is 0.00000231. The number of hydrogen-bond acceptors (Lipinski definition) is 9. The quantitative estimate of drug-likeness (QED) is 0.124. The van der Waals surface area contributed by atoms with Crippen molar-refractivity contribution in [1.82, 2.24) is 4.98 Å². The molecule has 0 unspecified atom stereocenters. The van der Waals surface area contributed by atoms with Crippen molar-refractivity contribution in [3.8, 4) is 0 Å². The molecule has 41 heavy (non-hydrogen) atoms. The number of ether oxygens (including phenoxy) is 1. The van der Waals surface area contributed by atoms with Crippen LogP contribution in [0, 0.1) is 0 Å². The van der Waals surface area contributed by atoms with E-state index in [0.29, 0.717) is 16.5 Å². The van der Waals surface area contributed by atoms with Crippen LogP contribution in [-0.4, -0.2) is 49.2 Å². The van der Waals surface area contributed by atoms with Gasteiger partial charge in [0.15, 0.2) is 0 Å². The third kappa shape index (κ3) is 8.61. The standard InChI is InChI=1S/C27H25NO9S2.2Na/c29-38(30,31)36-26-24(22-12-6-10-19-9-4-5-11-21(19)22)15-23(20-13-14-28-16-20)25(27(26)37-39(32,33)34)35-17-18-7-2-1-3-8-18;;/h1-16,23,25-28H,17H2,(H,29,30,31)(H,32,33,34);;/q;2*+1/p-2/t23-,25-,26-,27+;;/m1../s1. The molecule has 0 bridgehead atoms. The molecule has 204 valence electrons. The molecule has 4 atom stereocenters. The molecule has 3 aromatic carbocycles. The van der Waals surface area contributed by atoms with Crippen LogP contribution in [0.2, 0.25) is 0 Å². The fourth-order valence-electron chi connectivity index (χ4n) is 4.93. The fourth-order valence-corrected chi connectivity index (χ4v) is 5.88. The van der Waals surface area contributed by atoms with Gasteiger partial charge in [-0.25, -0.2) is 16.8 Å². The van der Waals surface area contributed by atoms with Crippen molar-refractivity contribution in [3.05, 3.63) is 114 Å². The SMILES string of the molecule is O=S(=O)([O-])O[C@H]1[C@H](OCc2ccccc2)[C@@H](c2cc[nH]c2)C=C(c2cccc3ccccc23)[C@H]1OS(=O)(=O)[O-].[Na+].[Na+]. The number of benzene rings is 3. The third-order valence-electron chi connectivity index (χ3n) is 6.49. The summed E-state index contributed by atoms with van der Waals surface area (Å²) in [5, 5.41) is 1.48. The largest absolute Gasteiger partial charge is 1.00 e. The van der Waals surface area contributed by atoms with Crippen LogP contribution < -0.4 is 59.1 Å². The van der Waals surface area contributed by atoms with E-state index in [1.165, 1.54) is 0 Å². The molecule has 1 aromatic heterocycles. The van der Waals surface area contributed by atoms with E-state index in [1.54, 1.807) is 73.1 Å². The summed E-state index contributed by atoms with van der Waals surface area (Å²) < 4.78 is 87.5. The normalized spacial score (nSPS) is 21.0. The Kier molecular flexibility index (Phi) is 12.0. The predicted molar refractivity (Wildman–Crippen MR) is 140 cm³/mol. The summed E-state index contributed by atoms with van der Waals surface area (Å²) in [5.41, 5.74) is 2.00. The molecular formula is C27H23NNa2O9S2. The van der Waals surface area contributed by atoms with E-state index in [2.05, 4.69) is 4.98 Å². The van der Waals surface area contributed by atoms with Crippen LogP contribution in [0.25, 0.3) is 16.3 Å². The molecule has 0 radical (unpaired) electrons. The van der Waals surface area contributed by atoms with Crippen LogP contribution >= 0.6 is 0 Å². The average Bonchev–Trinajstić information content (AvgIpc) is 3.42. The average molecular weight is 616 g/mol. The van der Waals surface area contributed by atoms with Crippen molar-refractivity contribution in [3.63, 3.8) is 0 Å². The number of fused-ring (bicyclic) bond motifs is 1. The molecule has 4 aromatic rings. The maximum Gasteiger partial charge on any atom is 1.00 e. The van der Waals surface area contributed by atoms with Gasteiger partial charge in [-0.2, -0.15) is 0 Å². The molecule has 14 heteroatoms. The van der Waals surface area contributed by atoms with E-state index in [9.17, 15) is 25.9 Å². The zero-order valence-corrected chi connectivity index (χ0v) is 27.9. The molecule has 1 aliphatic carbocycles. The molecule has 0 aliphatic heterocycles. The summed E-state index contributed by atoms with van der Waals surface area (Å²) in [6, 6.07) is 23.2. The van der Waals surface area contributed by atoms with E-state index in [-0.39, 0.29) is 71.3 Å². The van der Waals surface area contributed by atoms with Gasteiger partial charge in [0.1, 0.15) is 12.2 Å². The minimum absolute atomic E-state index is 0. The first-order chi connectivity index (χ1) is 18.6. The Morgan fingerprint density at radius 2 is 1.41 bits per heavy atom. The van der Waals surface area contributed by atoms with E-state index in [1.807, 2.05) is 24.3 Å². The minimum Gasteiger partial charge on any atom is -0.726 e. The van der Waals surface area contributed by atoms with E-state index < -0.39 is 45.0 Å². The van der Waals surface area contributed by atoms with Gasteiger partial charge in [0.25, 0.3) is 0 Å². The van der Waals surface area contributed by atoms with Crippen LogP contribution in [0.4, 0.5) is 0 Å². The summed E-state index contributed by atoms with van der Waals surface area (Å²) in [5.74, 6) is -0.727. The van der Waals surface area contributed by atoms with Gasteiger partial charge in [-0.3, -0.25) is 8.37 Å². The molecule has 1 N–H and O–H groups in total. The van der Waals surface area contributed by atoms with Crippen molar-refractivity contribution in [2.45, 2.75) is 30.8 Å². The van der Waals surface area contributed by atoms with Crippen LogP contribution in [0.5, 0.6) is 0 Å². The van der Waals surface area contributed by atoms with Gasteiger partial charge in [-0.05, 0) is 39.1 Å².